The van der Waals surface area contributed by atoms with Crippen molar-refractivity contribution >= 4 is 17.4 Å². The highest BCUT2D eigenvalue weighted by Crippen LogP contribution is 2.24. The number of para-hydroxylation sites is 1. The molecule has 1 saturated heterocycles. The van der Waals surface area contributed by atoms with Gasteiger partial charge in [0.1, 0.15) is 0 Å². The molecular formula is C12H11NO2. The van der Waals surface area contributed by atoms with Crippen molar-refractivity contribution in [3.8, 4) is 0 Å². The molecule has 0 bridgehead atoms. The van der Waals surface area contributed by atoms with Gasteiger partial charge in [0.25, 0.3) is 5.91 Å². The van der Waals surface area contributed by atoms with Crippen LogP contribution < -0.4 is 4.90 Å². The number of carbonyl (C=O) groups is 2. The van der Waals surface area contributed by atoms with Crippen LogP contribution in [0.2, 0.25) is 0 Å². The Morgan fingerprint density at radius 3 is 2.53 bits per heavy atom. The summed E-state index contributed by atoms with van der Waals surface area (Å²) in [6.45, 7) is 1.98. The molecule has 15 heavy (non-hydrogen) atoms. The van der Waals surface area contributed by atoms with Gasteiger partial charge in [-0.2, -0.15) is 0 Å². The zero-order valence-corrected chi connectivity index (χ0v) is 8.43. The van der Waals surface area contributed by atoms with Gasteiger partial charge in [-0.1, -0.05) is 18.2 Å². The van der Waals surface area contributed by atoms with E-state index in [1.807, 2.05) is 30.3 Å². The van der Waals surface area contributed by atoms with Gasteiger partial charge in [-0.05, 0) is 25.1 Å². The van der Waals surface area contributed by atoms with Crippen LogP contribution in [-0.2, 0) is 9.59 Å². The van der Waals surface area contributed by atoms with Crippen molar-refractivity contribution in [3.05, 3.63) is 42.0 Å². The number of β-lactam (4-membered cyclic amide) rings is 1. The molecule has 0 N–H and O–H groups in total. The monoisotopic (exact) mass is 201 g/mol. The SMILES string of the molecule is CC(=O)/C=C1\CN(c2ccccc2)C1=O. The molecule has 1 heterocycles. The highest BCUT2D eigenvalue weighted by atomic mass is 16.2. The minimum Gasteiger partial charge on any atom is -0.304 e. The molecule has 0 atom stereocenters. The van der Waals surface area contributed by atoms with Crippen LogP contribution in [-0.4, -0.2) is 18.2 Å². The number of anilines is 1. The second kappa shape index (κ2) is 3.69. The molecule has 1 fully saturated rings. The first-order valence-corrected chi connectivity index (χ1v) is 4.76. The third-order valence-corrected chi connectivity index (χ3v) is 2.29. The summed E-state index contributed by atoms with van der Waals surface area (Å²) in [7, 11) is 0. The number of hydrogen-bond acceptors (Lipinski definition) is 2. The van der Waals surface area contributed by atoms with E-state index < -0.39 is 0 Å². The third-order valence-electron chi connectivity index (χ3n) is 2.29. The average Bonchev–Trinajstić information content (AvgIpc) is 2.24. The smallest absolute Gasteiger partial charge is 0.256 e. The van der Waals surface area contributed by atoms with Crippen molar-refractivity contribution in [1.29, 1.82) is 0 Å². The lowest BCUT2D eigenvalue weighted by Gasteiger charge is -2.33. The first-order chi connectivity index (χ1) is 7.18. The predicted octanol–water partition coefficient (Wildman–Crippen LogP) is 1.55. The molecule has 1 aromatic rings. The van der Waals surface area contributed by atoms with Crippen LogP contribution in [0.5, 0.6) is 0 Å². The number of benzene rings is 1. The molecule has 0 unspecified atom stereocenters. The van der Waals surface area contributed by atoms with Gasteiger partial charge in [-0.25, -0.2) is 0 Å². The second-order valence-corrected chi connectivity index (χ2v) is 3.51. The van der Waals surface area contributed by atoms with Crippen molar-refractivity contribution in [2.75, 3.05) is 11.4 Å². The van der Waals surface area contributed by atoms with Gasteiger partial charge in [0.2, 0.25) is 0 Å². The van der Waals surface area contributed by atoms with Crippen molar-refractivity contribution in [1.82, 2.24) is 0 Å². The van der Waals surface area contributed by atoms with E-state index in [0.29, 0.717) is 12.1 Å². The summed E-state index contributed by atoms with van der Waals surface area (Å²) in [5.74, 6) is -0.150. The first-order valence-electron chi connectivity index (χ1n) is 4.76. The Hall–Kier alpha value is -1.90. The lowest BCUT2D eigenvalue weighted by molar-refractivity contribution is -0.118. The molecule has 0 radical (unpaired) electrons. The maximum absolute atomic E-state index is 11.6. The second-order valence-electron chi connectivity index (χ2n) is 3.51. The number of allylic oxidation sites excluding steroid dienone is 1. The normalized spacial score (nSPS) is 17.8. The minimum absolute atomic E-state index is 0.0728. The maximum Gasteiger partial charge on any atom is 0.256 e. The van der Waals surface area contributed by atoms with E-state index in [9.17, 15) is 9.59 Å². The number of ketones is 1. The van der Waals surface area contributed by atoms with E-state index in [-0.39, 0.29) is 11.7 Å². The zero-order valence-electron chi connectivity index (χ0n) is 8.43. The molecule has 1 aliphatic rings. The lowest BCUT2D eigenvalue weighted by atomic mass is 10.0. The fourth-order valence-electron chi connectivity index (χ4n) is 1.56. The Bertz CT molecular complexity index is 434. The molecule has 0 aromatic heterocycles. The van der Waals surface area contributed by atoms with E-state index in [0.717, 1.165) is 5.69 Å². The summed E-state index contributed by atoms with van der Waals surface area (Å²) in [5, 5.41) is 0. The standard InChI is InChI=1S/C12H11NO2/c1-9(14)7-10-8-13(12(10)15)11-5-3-2-4-6-11/h2-7H,8H2,1H3/b10-7+. The summed E-state index contributed by atoms with van der Waals surface area (Å²) < 4.78 is 0. The molecule has 0 aliphatic carbocycles. The highest BCUT2D eigenvalue weighted by molar-refractivity contribution is 6.16. The van der Waals surface area contributed by atoms with Gasteiger partial charge >= 0.3 is 0 Å². The van der Waals surface area contributed by atoms with Crippen LogP contribution >= 0.6 is 0 Å². The Morgan fingerprint density at radius 2 is 2.00 bits per heavy atom. The van der Waals surface area contributed by atoms with E-state index in [4.69, 9.17) is 0 Å². The molecule has 0 spiro atoms. The topological polar surface area (TPSA) is 37.4 Å². The van der Waals surface area contributed by atoms with Gasteiger partial charge in [0.05, 0.1) is 6.54 Å². The van der Waals surface area contributed by atoms with Gasteiger partial charge in [-0.3, -0.25) is 9.59 Å². The van der Waals surface area contributed by atoms with Gasteiger partial charge in [0, 0.05) is 11.3 Å². The van der Waals surface area contributed by atoms with Crippen molar-refractivity contribution in [3.63, 3.8) is 0 Å². The molecule has 0 saturated carbocycles. The van der Waals surface area contributed by atoms with Gasteiger partial charge in [0.15, 0.2) is 5.78 Å². The fourth-order valence-corrected chi connectivity index (χ4v) is 1.56. The quantitative estimate of drug-likeness (QED) is 0.537. The Labute approximate surface area is 88.0 Å². The Balaban J connectivity index is 2.14. The van der Waals surface area contributed by atoms with E-state index >= 15 is 0 Å². The number of rotatable bonds is 2. The van der Waals surface area contributed by atoms with Crippen molar-refractivity contribution < 1.29 is 9.59 Å². The summed E-state index contributed by atoms with van der Waals surface area (Å²) in [5.41, 5.74) is 1.47. The summed E-state index contributed by atoms with van der Waals surface area (Å²) >= 11 is 0. The number of amides is 1. The van der Waals surface area contributed by atoms with Gasteiger partial charge in [-0.15, -0.1) is 0 Å². The lowest BCUT2D eigenvalue weighted by Crippen LogP contribution is -2.46. The predicted molar refractivity (Wildman–Crippen MR) is 57.6 cm³/mol. The molecule has 76 valence electrons. The van der Waals surface area contributed by atoms with E-state index in [2.05, 4.69) is 0 Å². The average molecular weight is 201 g/mol. The largest absolute Gasteiger partial charge is 0.304 e. The molecule has 1 aromatic carbocycles. The molecule has 1 amide bonds. The molecule has 3 nitrogen and oxygen atoms in total. The first kappa shape index (κ1) is 9.65. The Kier molecular flexibility index (Phi) is 2.37. The third kappa shape index (κ3) is 1.81. The Morgan fingerprint density at radius 1 is 1.33 bits per heavy atom. The molecule has 3 heteroatoms. The van der Waals surface area contributed by atoms with E-state index in [1.54, 1.807) is 4.90 Å². The van der Waals surface area contributed by atoms with Crippen molar-refractivity contribution in [2.24, 2.45) is 0 Å². The van der Waals surface area contributed by atoms with E-state index in [1.165, 1.54) is 13.0 Å². The van der Waals surface area contributed by atoms with Crippen LogP contribution in [0.3, 0.4) is 0 Å². The summed E-state index contributed by atoms with van der Waals surface area (Å²) in [4.78, 5) is 24.0. The number of nitrogens with zero attached hydrogens (tertiary/aromatic N) is 1. The fraction of sp³-hybridized carbons (Fsp3) is 0.167. The molecule has 2 rings (SSSR count). The van der Waals surface area contributed by atoms with Crippen LogP contribution in [0, 0.1) is 0 Å². The number of hydrogen-bond donors (Lipinski definition) is 0. The minimum atomic E-state index is -0.0777. The van der Waals surface area contributed by atoms with Crippen molar-refractivity contribution in [2.45, 2.75) is 6.92 Å². The summed E-state index contributed by atoms with van der Waals surface area (Å²) in [6.07, 6.45) is 1.40. The molecule has 1 aliphatic heterocycles. The number of carbonyl (C=O) groups excluding carboxylic acids is 2. The zero-order chi connectivity index (χ0) is 10.8. The van der Waals surface area contributed by atoms with Crippen LogP contribution in [0.1, 0.15) is 6.92 Å². The van der Waals surface area contributed by atoms with Crippen LogP contribution in [0.4, 0.5) is 5.69 Å². The van der Waals surface area contributed by atoms with Crippen LogP contribution in [0.25, 0.3) is 0 Å². The highest BCUT2D eigenvalue weighted by Gasteiger charge is 2.31. The summed E-state index contributed by atoms with van der Waals surface area (Å²) in [6, 6.07) is 9.43. The van der Waals surface area contributed by atoms with Gasteiger partial charge < -0.3 is 4.90 Å². The molecular weight excluding hydrogens is 190 g/mol. The maximum atomic E-state index is 11.6. The van der Waals surface area contributed by atoms with Crippen LogP contribution in [0.15, 0.2) is 42.0 Å².